The zero-order valence-electron chi connectivity index (χ0n) is 10.7. The van der Waals surface area contributed by atoms with Crippen molar-refractivity contribution in [3.05, 3.63) is 72.1 Å². The van der Waals surface area contributed by atoms with Crippen molar-refractivity contribution in [1.82, 2.24) is 14.8 Å². The number of pyridine rings is 1. The molecule has 98 valence electrons. The second-order valence-corrected chi connectivity index (χ2v) is 4.27. The molecule has 2 heterocycles. The normalized spacial score (nSPS) is 11.0. The van der Waals surface area contributed by atoms with Crippen LogP contribution in [0, 0.1) is 0 Å². The largest absolute Gasteiger partial charge is 0.493 e. The number of hydrogen-bond acceptors (Lipinski definition) is 3. The van der Waals surface area contributed by atoms with Gasteiger partial charge < -0.3 is 5.11 Å². The molecule has 2 aromatic heterocycles. The van der Waals surface area contributed by atoms with Crippen LogP contribution in [0.25, 0.3) is 18.0 Å². The van der Waals surface area contributed by atoms with Crippen LogP contribution >= 0.6 is 0 Å². The summed E-state index contributed by atoms with van der Waals surface area (Å²) in [6, 6.07) is 17.0. The predicted octanol–water partition coefficient (Wildman–Crippen LogP) is 3.14. The molecule has 20 heavy (non-hydrogen) atoms. The predicted molar refractivity (Wildman–Crippen MR) is 78.4 cm³/mol. The zero-order valence-corrected chi connectivity index (χ0v) is 10.7. The van der Waals surface area contributed by atoms with Gasteiger partial charge in [-0.25, -0.2) is 4.98 Å². The van der Waals surface area contributed by atoms with Crippen molar-refractivity contribution in [1.29, 1.82) is 0 Å². The van der Waals surface area contributed by atoms with Gasteiger partial charge in [-0.05, 0) is 23.8 Å². The van der Waals surface area contributed by atoms with Crippen molar-refractivity contribution in [2.45, 2.75) is 0 Å². The number of benzene rings is 1. The molecule has 0 radical (unpaired) electrons. The second kappa shape index (κ2) is 5.40. The average Bonchev–Trinajstić information content (AvgIpc) is 2.88. The Labute approximate surface area is 116 Å². The van der Waals surface area contributed by atoms with Crippen LogP contribution in [-0.2, 0) is 0 Å². The molecule has 4 nitrogen and oxygen atoms in total. The first-order valence-corrected chi connectivity index (χ1v) is 6.26. The fourth-order valence-corrected chi connectivity index (χ4v) is 1.86. The fourth-order valence-electron chi connectivity index (χ4n) is 1.86. The molecule has 0 saturated heterocycles. The van der Waals surface area contributed by atoms with Gasteiger partial charge in [0.1, 0.15) is 0 Å². The quantitative estimate of drug-likeness (QED) is 0.789. The summed E-state index contributed by atoms with van der Waals surface area (Å²) in [6.45, 7) is 0. The minimum Gasteiger partial charge on any atom is -0.493 e. The standard InChI is InChI=1S/C16H13N3O/c20-16-12-14(10-9-13-6-2-1-3-7-13)18-19(16)15-8-4-5-11-17-15/h1-12,20H/b10-9+. The third kappa shape index (κ3) is 2.59. The molecule has 1 N–H and O–H groups in total. The smallest absolute Gasteiger partial charge is 0.216 e. The molecule has 0 bridgehead atoms. The van der Waals surface area contributed by atoms with E-state index in [0.717, 1.165) is 5.56 Å². The highest BCUT2D eigenvalue weighted by Gasteiger charge is 2.06. The van der Waals surface area contributed by atoms with E-state index in [1.54, 1.807) is 18.3 Å². The van der Waals surface area contributed by atoms with Crippen LogP contribution in [0.4, 0.5) is 0 Å². The summed E-state index contributed by atoms with van der Waals surface area (Å²) < 4.78 is 1.41. The molecular formula is C16H13N3O. The van der Waals surface area contributed by atoms with Gasteiger partial charge in [0.25, 0.3) is 0 Å². The van der Waals surface area contributed by atoms with Gasteiger partial charge in [0.05, 0.1) is 5.69 Å². The maximum absolute atomic E-state index is 9.91. The van der Waals surface area contributed by atoms with Crippen molar-refractivity contribution >= 4 is 12.2 Å². The van der Waals surface area contributed by atoms with Gasteiger partial charge in [0.15, 0.2) is 5.82 Å². The van der Waals surface area contributed by atoms with E-state index in [-0.39, 0.29) is 5.88 Å². The molecule has 0 fully saturated rings. The summed E-state index contributed by atoms with van der Waals surface area (Å²) in [5.41, 5.74) is 1.76. The lowest BCUT2D eigenvalue weighted by Gasteiger charge is -1.99. The van der Waals surface area contributed by atoms with Crippen LogP contribution < -0.4 is 0 Å². The van der Waals surface area contributed by atoms with Crippen molar-refractivity contribution in [3.63, 3.8) is 0 Å². The Kier molecular flexibility index (Phi) is 3.29. The fraction of sp³-hybridized carbons (Fsp3) is 0. The van der Waals surface area contributed by atoms with Crippen LogP contribution in [0.1, 0.15) is 11.3 Å². The number of hydrogen-bond donors (Lipinski definition) is 1. The summed E-state index contributed by atoms with van der Waals surface area (Å²) in [6.07, 6.45) is 5.47. The number of aromatic nitrogens is 3. The lowest BCUT2D eigenvalue weighted by Crippen LogP contribution is -1.98. The first-order chi connectivity index (χ1) is 9.83. The molecule has 0 amide bonds. The van der Waals surface area contributed by atoms with Crippen LogP contribution in [0.3, 0.4) is 0 Å². The van der Waals surface area contributed by atoms with E-state index in [1.165, 1.54) is 4.68 Å². The molecular weight excluding hydrogens is 250 g/mol. The van der Waals surface area contributed by atoms with E-state index in [4.69, 9.17) is 0 Å². The summed E-state index contributed by atoms with van der Waals surface area (Å²) in [5.74, 6) is 0.653. The molecule has 0 unspecified atom stereocenters. The van der Waals surface area contributed by atoms with E-state index in [9.17, 15) is 5.11 Å². The lowest BCUT2D eigenvalue weighted by molar-refractivity contribution is 0.432. The van der Waals surface area contributed by atoms with E-state index in [1.807, 2.05) is 54.6 Å². The molecule has 0 aliphatic rings. The topological polar surface area (TPSA) is 50.9 Å². The highest BCUT2D eigenvalue weighted by Crippen LogP contribution is 2.17. The molecule has 4 heteroatoms. The number of rotatable bonds is 3. The van der Waals surface area contributed by atoms with Crippen molar-refractivity contribution in [3.8, 4) is 11.7 Å². The number of nitrogens with zero attached hydrogens (tertiary/aromatic N) is 3. The summed E-state index contributed by atoms with van der Waals surface area (Å²) in [4.78, 5) is 4.16. The zero-order chi connectivity index (χ0) is 13.8. The van der Waals surface area contributed by atoms with Gasteiger partial charge in [0, 0.05) is 12.3 Å². The van der Waals surface area contributed by atoms with Crippen LogP contribution in [0.5, 0.6) is 5.88 Å². The van der Waals surface area contributed by atoms with Crippen LogP contribution in [0.15, 0.2) is 60.8 Å². The van der Waals surface area contributed by atoms with Crippen molar-refractivity contribution < 1.29 is 5.11 Å². The van der Waals surface area contributed by atoms with E-state index in [2.05, 4.69) is 10.1 Å². The minimum absolute atomic E-state index is 0.0661. The Hall–Kier alpha value is -2.88. The van der Waals surface area contributed by atoms with Gasteiger partial charge in [-0.1, -0.05) is 42.5 Å². The van der Waals surface area contributed by atoms with Gasteiger partial charge in [0.2, 0.25) is 5.88 Å². The van der Waals surface area contributed by atoms with Gasteiger partial charge >= 0.3 is 0 Å². The molecule has 3 rings (SSSR count). The maximum atomic E-state index is 9.91. The summed E-state index contributed by atoms with van der Waals surface area (Å²) in [7, 11) is 0. The summed E-state index contributed by atoms with van der Waals surface area (Å²) in [5, 5.41) is 14.2. The Morgan fingerprint density at radius 2 is 1.75 bits per heavy atom. The highest BCUT2D eigenvalue weighted by molar-refractivity contribution is 5.68. The SMILES string of the molecule is Oc1cc(/C=C/c2ccccc2)nn1-c1ccccn1. The van der Waals surface area contributed by atoms with Gasteiger partial charge in [-0.2, -0.15) is 9.78 Å². The Morgan fingerprint density at radius 3 is 2.50 bits per heavy atom. The molecule has 0 aliphatic carbocycles. The van der Waals surface area contributed by atoms with Crippen LogP contribution in [0.2, 0.25) is 0 Å². The minimum atomic E-state index is 0.0661. The Morgan fingerprint density at radius 1 is 0.950 bits per heavy atom. The third-order valence-corrected chi connectivity index (χ3v) is 2.82. The molecule has 0 aliphatic heterocycles. The van der Waals surface area contributed by atoms with E-state index >= 15 is 0 Å². The van der Waals surface area contributed by atoms with Crippen molar-refractivity contribution in [2.24, 2.45) is 0 Å². The molecule has 0 atom stereocenters. The lowest BCUT2D eigenvalue weighted by atomic mass is 10.2. The van der Waals surface area contributed by atoms with E-state index < -0.39 is 0 Å². The number of aromatic hydroxyl groups is 1. The average molecular weight is 263 g/mol. The molecule has 3 aromatic rings. The summed E-state index contributed by atoms with van der Waals surface area (Å²) >= 11 is 0. The van der Waals surface area contributed by atoms with Crippen LogP contribution in [-0.4, -0.2) is 19.9 Å². The highest BCUT2D eigenvalue weighted by atomic mass is 16.3. The van der Waals surface area contributed by atoms with E-state index in [0.29, 0.717) is 11.5 Å². The Bertz CT molecular complexity index is 718. The first kappa shape index (κ1) is 12.2. The first-order valence-electron chi connectivity index (χ1n) is 6.26. The van der Waals surface area contributed by atoms with Gasteiger partial charge in [-0.15, -0.1) is 0 Å². The van der Waals surface area contributed by atoms with Gasteiger partial charge in [-0.3, -0.25) is 0 Å². The Balaban J connectivity index is 1.88. The molecule has 0 spiro atoms. The second-order valence-electron chi connectivity index (χ2n) is 4.27. The van der Waals surface area contributed by atoms with Crippen molar-refractivity contribution in [2.75, 3.05) is 0 Å². The molecule has 1 aromatic carbocycles. The third-order valence-electron chi connectivity index (χ3n) is 2.82. The monoisotopic (exact) mass is 263 g/mol. The maximum Gasteiger partial charge on any atom is 0.216 e. The molecule has 0 saturated carbocycles.